The number of aliphatic hydroxyl groups excluding tert-OH is 3. The van der Waals surface area contributed by atoms with E-state index >= 15 is 0 Å². The molecule has 12 heteroatoms. The fourth-order valence-electron chi connectivity index (χ4n) is 6.63. The van der Waals surface area contributed by atoms with Crippen LogP contribution in [0.5, 0.6) is 11.5 Å². The van der Waals surface area contributed by atoms with Crippen molar-refractivity contribution in [2.75, 3.05) is 33.4 Å². The molecule has 5 rings (SSSR count). The van der Waals surface area contributed by atoms with Crippen LogP contribution < -0.4 is 10.1 Å². The number of benzene rings is 2. The van der Waals surface area contributed by atoms with E-state index in [9.17, 15) is 35.1 Å². The summed E-state index contributed by atoms with van der Waals surface area (Å²) in [5, 5.41) is 55.4. The van der Waals surface area contributed by atoms with E-state index in [1.165, 1.54) is 13.2 Å². The Balaban J connectivity index is 1.55. The average molecular weight is 628 g/mol. The summed E-state index contributed by atoms with van der Waals surface area (Å²) in [5.74, 6) is -4.07. The molecule has 244 valence electrons. The molecule has 0 spiro atoms. The predicted octanol–water partition coefficient (Wildman–Crippen LogP) is 0.943. The summed E-state index contributed by atoms with van der Waals surface area (Å²) in [6, 6.07) is 10.6. The molecule has 2 aromatic rings. The highest BCUT2D eigenvalue weighted by Gasteiger charge is 2.59. The molecular weight excluding hydrogens is 586 g/mol. The van der Waals surface area contributed by atoms with Gasteiger partial charge in [0.15, 0.2) is 23.7 Å². The van der Waals surface area contributed by atoms with Crippen LogP contribution in [0.15, 0.2) is 42.0 Å². The Morgan fingerprint density at radius 1 is 1.16 bits per heavy atom. The van der Waals surface area contributed by atoms with Gasteiger partial charge in [-0.2, -0.15) is 0 Å². The number of aliphatic hydroxyl groups is 4. The number of aromatic hydroxyl groups is 1. The molecule has 45 heavy (non-hydrogen) atoms. The zero-order valence-corrected chi connectivity index (χ0v) is 25.3. The van der Waals surface area contributed by atoms with Crippen molar-refractivity contribution in [3.05, 3.63) is 64.2 Å². The SMILES string of the molecule is COc1cc(C=C(C[C@H]2c3cc(CCO)ccc3CC[C@H]2CO)C(=O)O[C@@H]2[C@@H](OC(C)=O)[C@@H](O)[C@H]3CNC[C@@]2(O)O3)ccc1O. The number of aryl methyl sites for hydroxylation is 1. The van der Waals surface area contributed by atoms with Gasteiger partial charge < -0.3 is 49.8 Å². The molecule has 2 bridgehead atoms. The maximum Gasteiger partial charge on any atom is 0.334 e. The van der Waals surface area contributed by atoms with E-state index in [-0.39, 0.29) is 61.6 Å². The number of hydrogen-bond acceptors (Lipinski definition) is 12. The maximum absolute atomic E-state index is 14.2. The standard InChI is InChI=1S/C33H41NO11/c1-18(37)43-30-29(39)28-15-34-17-33(41,45-28)31(30)44-32(40)23(11-20-4-8-26(38)27(13-20)42-2)14-25-22(16-36)7-6-21-5-3-19(9-10-35)12-24(21)25/h3-5,8,11-13,22,25,28-31,34-36,38-39,41H,6-7,9-10,14-17H2,1-2H3/t22-,25+,28+,29-,30-,31+,33+/m0/s1. The third-order valence-corrected chi connectivity index (χ3v) is 8.92. The van der Waals surface area contributed by atoms with E-state index < -0.39 is 42.1 Å². The first-order chi connectivity index (χ1) is 21.6. The van der Waals surface area contributed by atoms with Gasteiger partial charge in [0.25, 0.3) is 0 Å². The van der Waals surface area contributed by atoms with Crippen molar-refractivity contribution in [1.29, 1.82) is 0 Å². The van der Waals surface area contributed by atoms with Crippen LogP contribution in [0.1, 0.15) is 47.9 Å². The lowest BCUT2D eigenvalue weighted by atomic mass is 9.72. The number of nitrogens with one attached hydrogen (secondary N) is 1. The maximum atomic E-state index is 14.2. The average Bonchev–Trinajstić information content (AvgIpc) is 3.02. The highest BCUT2D eigenvalue weighted by atomic mass is 16.7. The molecule has 0 aromatic heterocycles. The zero-order valence-electron chi connectivity index (χ0n) is 25.3. The summed E-state index contributed by atoms with van der Waals surface area (Å²) < 4.78 is 22.2. The van der Waals surface area contributed by atoms with Crippen molar-refractivity contribution < 1.29 is 54.1 Å². The summed E-state index contributed by atoms with van der Waals surface area (Å²) in [5.41, 5.74) is 3.64. The number of rotatable bonds is 10. The fraction of sp³-hybridized carbons (Fsp3) is 0.515. The van der Waals surface area contributed by atoms with E-state index in [2.05, 4.69) is 5.32 Å². The number of phenolic OH excluding ortho intramolecular Hbond substituents is 1. The van der Waals surface area contributed by atoms with E-state index in [0.29, 0.717) is 18.4 Å². The van der Waals surface area contributed by atoms with Gasteiger partial charge in [-0.1, -0.05) is 24.3 Å². The zero-order chi connectivity index (χ0) is 32.3. The lowest BCUT2D eigenvalue weighted by molar-refractivity contribution is -0.355. The van der Waals surface area contributed by atoms with Gasteiger partial charge in [-0.15, -0.1) is 0 Å². The number of phenols is 1. The molecular formula is C33H41NO11. The van der Waals surface area contributed by atoms with Crippen LogP contribution in [0.2, 0.25) is 0 Å². The minimum absolute atomic E-state index is 0.0233. The van der Waals surface area contributed by atoms with Crippen molar-refractivity contribution in [2.45, 2.75) is 68.7 Å². The van der Waals surface area contributed by atoms with Crippen molar-refractivity contribution in [2.24, 2.45) is 5.92 Å². The number of ether oxygens (including phenoxy) is 4. The highest BCUT2D eigenvalue weighted by Crippen LogP contribution is 2.42. The number of carbonyl (C=O) groups is 2. The van der Waals surface area contributed by atoms with Crippen LogP contribution in [0, 0.1) is 5.92 Å². The Morgan fingerprint density at radius 2 is 1.96 bits per heavy atom. The lowest BCUT2D eigenvalue weighted by Crippen LogP contribution is -2.73. The highest BCUT2D eigenvalue weighted by molar-refractivity contribution is 5.94. The Labute approximate surface area is 261 Å². The van der Waals surface area contributed by atoms with Crippen LogP contribution >= 0.6 is 0 Å². The molecule has 1 aliphatic carbocycles. The van der Waals surface area contributed by atoms with E-state index in [4.69, 9.17) is 18.9 Å². The first kappa shape index (κ1) is 32.9. The molecule has 0 saturated carbocycles. The summed E-state index contributed by atoms with van der Waals surface area (Å²) in [4.78, 5) is 26.2. The van der Waals surface area contributed by atoms with Crippen LogP contribution in [0.4, 0.5) is 0 Å². The molecule has 2 fully saturated rings. The van der Waals surface area contributed by atoms with Gasteiger partial charge >= 0.3 is 11.9 Å². The molecule has 2 heterocycles. The predicted molar refractivity (Wildman–Crippen MR) is 160 cm³/mol. The second kappa shape index (κ2) is 13.9. The molecule has 7 atom stereocenters. The Kier molecular flexibility index (Phi) is 10.1. The van der Waals surface area contributed by atoms with Gasteiger partial charge in [-0.25, -0.2) is 4.79 Å². The normalized spacial score (nSPS) is 29.4. The number of fused-ring (bicyclic) bond motifs is 3. The van der Waals surface area contributed by atoms with E-state index in [1.807, 2.05) is 18.2 Å². The molecule has 3 aliphatic rings. The molecule has 0 amide bonds. The third kappa shape index (κ3) is 7.01. The number of morpholine rings is 1. The van der Waals surface area contributed by atoms with Gasteiger partial charge in [-0.3, -0.25) is 4.79 Å². The quantitative estimate of drug-likeness (QED) is 0.162. The van der Waals surface area contributed by atoms with E-state index in [1.54, 1.807) is 18.2 Å². The minimum atomic E-state index is -2.09. The number of methoxy groups -OCH3 is 1. The largest absolute Gasteiger partial charge is 0.504 e. The third-order valence-electron chi connectivity index (χ3n) is 8.92. The molecule has 12 nitrogen and oxygen atoms in total. The molecule has 2 aliphatic heterocycles. The summed E-state index contributed by atoms with van der Waals surface area (Å²) in [6.45, 7) is 1.06. The first-order valence-electron chi connectivity index (χ1n) is 15.1. The topological polar surface area (TPSA) is 184 Å². The number of β-amino-alcohol motifs (C(OH)–C–C–N with tert-alkyl or cyclic N) is 1. The Morgan fingerprint density at radius 3 is 2.67 bits per heavy atom. The summed E-state index contributed by atoms with van der Waals surface area (Å²) in [6.07, 6.45) is -1.67. The Bertz CT molecular complexity index is 1430. The number of carbonyl (C=O) groups excluding carboxylic acids is 2. The second-order valence-corrected chi connectivity index (χ2v) is 11.9. The lowest BCUT2D eigenvalue weighted by Gasteiger charge is -2.51. The monoisotopic (exact) mass is 627 g/mol. The summed E-state index contributed by atoms with van der Waals surface area (Å²) in [7, 11) is 1.40. The van der Waals surface area contributed by atoms with Crippen molar-refractivity contribution in [3.63, 3.8) is 0 Å². The van der Waals surface area contributed by atoms with Gasteiger partial charge in [0, 0.05) is 32.3 Å². The molecule has 2 aromatic carbocycles. The Hall–Kier alpha value is -3.52. The molecule has 2 saturated heterocycles. The fourth-order valence-corrected chi connectivity index (χ4v) is 6.63. The van der Waals surface area contributed by atoms with Crippen molar-refractivity contribution >= 4 is 18.0 Å². The van der Waals surface area contributed by atoms with Crippen LogP contribution in [0.25, 0.3) is 6.08 Å². The van der Waals surface area contributed by atoms with Gasteiger partial charge in [-0.05, 0) is 78.0 Å². The molecule has 0 unspecified atom stereocenters. The van der Waals surface area contributed by atoms with Crippen LogP contribution in [0.3, 0.4) is 0 Å². The van der Waals surface area contributed by atoms with Crippen LogP contribution in [-0.2, 0) is 36.6 Å². The van der Waals surface area contributed by atoms with E-state index in [0.717, 1.165) is 30.0 Å². The van der Waals surface area contributed by atoms with Crippen molar-refractivity contribution in [1.82, 2.24) is 5.32 Å². The van der Waals surface area contributed by atoms with Gasteiger partial charge in [0.05, 0.1) is 13.7 Å². The minimum Gasteiger partial charge on any atom is -0.504 e. The molecule has 6 N–H and O–H groups in total. The first-order valence-corrected chi connectivity index (χ1v) is 15.1. The number of hydrogen-bond donors (Lipinski definition) is 6. The van der Waals surface area contributed by atoms with Crippen LogP contribution in [-0.4, -0.2) is 101 Å². The second-order valence-electron chi connectivity index (χ2n) is 11.9. The summed E-state index contributed by atoms with van der Waals surface area (Å²) >= 11 is 0. The number of esters is 2. The van der Waals surface area contributed by atoms with Crippen molar-refractivity contribution in [3.8, 4) is 11.5 Å². The van der Waals surface area contributed by atoms with Gasteiger partial charge in [0.1, 0.15) is 12.2 Å². The molecule has 0 radical (unpaired) electrons. The smallest absolute Gasteiger partial charge is 0.334 e. The van der Waals surface area contributed by atoms with Gasteiger partial charge in [0.2, 0.25) is 5.79 Å².